The summed E-state index contributed by atoms with van der Waals surface area (Å²) in [6, 6.07) is 10.8. The van der Waals surface area contributed by atoms with E-state index in [4.69, 9.17) is 21.1 Å². The second kappa shape index (κ2) is 12.6. The molecule has 1 atom stereocenters. The third-order valence-corrected chi connectivity index (χ3v) is 9.43. The molecule has 0 bridgehead atoms. The fourth-order valence-corrected chi connectivity index (χ4v) is 6.94. The molecular formula is C30H34ClF3N4O2S. The van der Waals surface area contributed by atoms with Crippen molar-refractivity contribution < 1.29 is 22.6 Å². The number of hydrogen-bond donors (Lipinski definition) is 0. The van der Waals surface area contributed by atoms with Gasteiger partial charge < -0.3 is 14.4 Å². The van der Waals surface area contributed by atoms with E-state index in [1.807, 2.05) is 4.90 Å². The van der Waals surface area contributed by atoms with Crippen LogP contribution in [0, 0.1) is 17.6 Å². The summed E-state index contributed by atoms with van der Waals surface area (Å²) in [4.78, 5) is 8.14. The predicted octanol–water partition coefficient (Wildman–Crippen LogP) is 7.34. The van der Waals surface area contributed by atoms with Gasteiger partial charge in [0.2, 0.25) is 5.95 Å². The predicted molar refractivity (Wildman–Crippen MR) is 158 cm³/mol. The van der Waals surface area contributed by atoms with Crippen LogP contribution >= 0.6 is 23.5 Å². The van der Waals surface area contributed by atoms with Gasteiger partial charge in [0.05, 0.1) is 26.5 Å². The van der Waals surface area contributed by atoms with Gasteiger partial charge in [-0.25, -0.2) is 13.8 Å². The van der Waals surface area contributed by atoms with Crippen LogP contribution in [0.1, 0.15) is 38.2 Å². The number of piperidine rings is 1. The second-order valence-electron chi connectivity index (χ2n) is 10.7. The van der Waals surface area contributed by atoms with E-state index in [-0.39, 0.29) is 27.8 Å². The highest BCUT2D eigenvalue weighted by atomic mass is 35.5. The molecule has 11 heteroatoms. The molecule has 220 valence electrons. The molecule has 2 aliphatic rings. The molecule has 0 spiro atoms. The molecule has 0 aliphatic carbocycles. The first-order valence-corrected chi connectivity index (χ1v) is 14.8. The molecule has 41 heavy (non-hydrogen) atoms. The zero-order valence-electron chi connectivity index (χ0n) is 23.4. The summed E-state index contributed by atoms with van der Waals surface area (Å²) < 4.78 is 58.0. The molecule has 0 N–H and O–H groups in total. The Kier molecular flexibility index (Phi) is 9.11. The molecule has 5 rings (SSSR count). The maximum absolute atomic E-state index is 15.9. The molecule has 3 heterocycles. The van der Waals surface area contributed by atoms with Crippen molar-refractivity contribution in [3.05, 3.63) is 70.6 Å². The summed E-state index contributed by atoms with van der Waals surface area (Å²) in [5.74, 6) is -1.04. The van der Waals surface area contributed by atoms with E-state index in [0.29, 0.717) is 35.8 Å². The molecular weight excluding hydrogens is 573 g/mol. The summed E-state index contributed by atoms with van der Waals surface area (Å²) in [5.41, 5.74) is 0.963. The smallest absolute Gasteiger partial charge is 0.214 e. The van der Waals surface area contributed by atoms with Crippen molar-refractivity contribution in [1.82, 2.24) is 9.88 Å². The largest absolute Gasteiger partial charge is 0.497 e. The van der Waals surface area contributed by atoms with Gasteiger partial charge in [-0.15, -0.1) is 0 Å². The van der Waals surface area contributed by atoms with E-state index in [2.05, 4.69) is 16.8 Å². The Balaban J connectivity index is 1.44. The van der Waals surface area contributed by atoms with Crippen LogP contribution < -0.4 is 18.7 Å². The van der Waals surface area contributed by atoms with E-state index in [1.54, 1.807) is 31.4 Å². The molecule has 3 aromatic rings. The van der Waals surface area contributed by atoms with Crippen molar-refractivity contribution in [1.29, 1.82) is 0 Å². The maximum atomic E-state index is 15.9. The van der Waals surface area contributed by atoms with E-state index in [0.717, 1.165) is 31.5 Å². The minimum absolute atomic E-state index is 0.0681. The lowest BCUT2D eigenvalue weighted by atomic mass is 9.95. The first-order valence-electron chi connectivity index (χ1n) is 13.7. The van der Waals surface area contributed by atoms with Crippen LogP contribution in [0.15, 0.2) is 47.4 Å². The third kappa shape index (κ3) is 6.34. The first-order chi connectivity index (χ1) is 19.7. The summed E-state index contributed by atoms with van der Waals surface area (Å²) in [7, 11) is 3.06. The molecule has 0 saturated carbocycles. The number of aromatic nitrogens is 1. The molecule has 6 nitrogen and oxygen atoms in total. The van der Waals surface area contributed by atoms with Gasteiger partial charge in [-0.1, -0.05) is 24.1 Å². The van der Waals surface area contributed by atoms with Gasteiger partial charge in [0, 0.05) is 36.3 Å². The van der Waals surface area contributed by atoms with Gasteiger partial charge >= 0.3 is 0 Å². The lowest BCUT2D eigenvalue weighted by Crippen LogP contribution is -2.50. The Bertz CT molecular complexity index is 1390. The standard InChI is InChI=1S/C30H34ClF3N4O2S/c1-30(37-13-5-4-6-14-37)12-15-36(19-30)23-17-22(32)29(28(34)27(23)31)41-38(26-9-7-8-25(33)35-26)18-20-10-11-21(39-2)16-24(20)40-3/h7-11,16-17H,4-6,12-15,18-19H2,1-3H3/t30-/m0/s1. The number of anilines is 2. The number of likely N-dealkylation sites (tertiary alicyclic amines) is 1. The van der Waals surface area contributed by atoms with Crippen molar-refractivity contribution in [2.45, 2.75) is 49.6 Å². The normalized spacial score (nSPS) is 19.4. The molecule has 2 aliphatic heterocycles. The van der Waals surface area contributed by atoms with Gasteiger partial charge in [0.25, 0.3) is 0 Å². The summed E-state index contributed by atoms with van der Waals surface area (Å²) in [6.07, 6.45) is 4.48. The summed E-state index contributed by atoms with van der Waals surface area (Å²) in [6.45, 7) is 5.72. The fraction of sp³-hybridized carbons (Fsp3) is 0.433. The van der Waals surface area contributed by atoms with Crippen molar-refractivity contribution >= 4 is 35.1 Å². The minimum Gasteiger partial charge on any atom is -0.497 e. The van der Waals surface area contributed by atoms with Crippen molar-refractivity contribution in [2.75, 3.05) is 49.6 Å². The van der Waals surface area contributed by atoms with Crippen LogP contribution in [0.4, 0.5) is 24.7 Å². The highest BCUT2D eigenvalue weighted by molar-refractivity contribution is 8.00. The lowest BCUT2D eigenvalue weighted by Gasteiger charge is -2.41. The number of pyridine rings is 1. The molecule has 2 fully saturated rings. The topological polar surface area (TPSA) is 41.1 Å². The molecule has 0 radical (unpaired) electrons. The number of ether oxygens (including phenoxy) is 2. The van der Waals surface area contributed by atoms with Gasteiger partial charge in [-0.2, -0.15) is 4.39 Å². The molecule has 0 unspecified atom stereocenters. The fourth-order valence-electron chi connectivity index (χ4n) is 5.67. The molecule has 2 aromatic carbocycles. The zero-order chi connectivity index (χ0) is 29.1. The van der Waals surface area contributed by atoms with Gasteiger partial charge in [-0.3, -0.25) is 9.21 Å². The van der Waals surface area contributed by atoms with Crippen LogP contribution in [0.5, 0.6) is 11.5 Å². The van der Waals surface area contributed by atoms with Crippen molar-refractivity contribution in [2.24, 2.45) is 0 Å². The van der Waals surface area contributed by atoms with Crippen molar-refractivity contribution in [3.63, 3.8) is 0 Å². The number of methoxy groups -OCH3 is 2. The number of hydrogen-bond acceptors (Lipinski definition) is 7. The van der Waals surface area contributed by atoms with Crippen LogP contribution in [-0.4, -0.2) is 55.8 Å². The van der Waals surface area contributed by atoms with E-state index in [9.17, 15) is 4.39 Å². The first kappa shape index (κ1) is 29.7. The van der Waals surface area contributed by atoms with E-state index in [1.165, 1.54) is 48.9 Å². The number of benzene rings is 2. The SMILES string of the molecule is COc1ccc(CN(Sc2c(F)cc(N3CC[C@](C)(N4CCCCC4)C3)c(Cl)c2F)c2cccc(F)n2)c(OC)c1. The molecule has 2 saturated heterocycles. The average Bonchev–Trinajstić information content (AvgIpc) is 3.40. The minimum atomic E-state index is -0.860. The Labute approximate surface area is 248 Å². The molecule has 1 aromatic heterocycles. The third-order valence-electron chi connectivity index (χ3n) is 7.97. The highest BCUT2D eigenvalue weighted by Crippen LogP contribution is 2.43. The van der Waals surface area contributed by atoms with Gasteiger partial charge in [-0.05, 0) is 75.5 Å². The Morgan fingerprint density at radius 1 is 1.02 bits per heavy atom. The summed E-state index contributed by atoms with van der Waals surface area (Å²) in [5, 5.41) is -0.133. The Hall–Kier alpha value is -2.82. The monoisotopic (exact) mass is 606 g/mol. The van der Waals surface area contributed by atoms with Crippen LogP contribution in [0.2, 0.25) is 5.02 Å². The van der Waals surface area contributed by atoms with Crippen LogP contribution in [-0.2, 0) is 6.54 Å². The van der Waals surface area contributed by atoms with Gasteiger partial charge in [0.1, 0.15) is 33.1 Å². The lowest BCUT2D eigenvalue weighted by molar-refractivity contribution is 0.0978. The Morgan fingerprint density at radius 3 is 2.51 bits per heavy atom. The average molecular weight is 607 g/mol. The van der Waals surface area contributed by atoms with E-state index >= 15 is 8.78 Å². The zero-order valence-corrected chi connectivity index (χ0v) is 25.0. The number of halogens is 4. The quantitative estimate of drug-likeness (QED) is 0.143. The second-order valence-corrected chi connectivity index (χ2v) is 12.1. The highest BCUT2D eigenvalue weighted by Gasteiger charge is 2.40. The number of nitrogens with zero attached hydrogens (tertiary/aromatic N) is 4. The van der Waals surface area contributed by atoms with Crippen molar-refractivity contribution in [3.8, 4) is 11.5 Å². The Morgan fingerprint density at radius 2 is 1.80 bits per heavy atom. The summed E-state index contributed by atoms with van der Waals surface area (Å²) >= 11 is 7.36. The van der Waals surface area contributed by atoms with E-state index < -0.39 is 17.6 Å². The van der Waals surface area contributed by atoms with Gasteiger partial charge in [0.15, 0.2) is 5.82 Å². The van der Waals surface area contributed by atoms with Crippen LogP contribution in [0.25, 0.3) is 0 Å². The van der Waals surface area contributed by atoms with Crippen LogP contribution in [0.3, 0.4) is 0 Å². The number of rotatable bonds is 9. The molecule has 0 amide bonds. The maximum Gasteiger partial charge on any atom is 0.214 e.